The van der Waals surface area contributed by atoms with Crippen LogP contribution in [0.5, 0.6) is 0 Å². The molecule has 110 valence electrons. The van der Waals surface area contributed by atoms with Gasteiger partial charge in [-0.1, -0.05) is 18.2 Å². The number of fused-ring (bicyclic) bond motifs is 1. The first-order chi connectivity index (χ1) is 9.76. The maximum absolute atomic E-state index is 6.64. The number of hydrogen-bond donors (Lipinski definition) is 0. The Kier molecular flexibility index (Phi) is 4.68. The lowest BCUT2D eigenvalue weighted by atomic mass is 9.78. The van der Waals surface area contributed by atoms with Crippen LogP contribution in [0.3, 0.4) is 0 Å². The van der Waals surface area contributed by atoms with Crippen molar-refractivity contribution in [2.75, 3.05) is 6.61 Å². The fourth-order valence-corrected chi connectivity index (χ4v) is 4.00. The van der Waals surface area contributed by atoms with Crippen molar-refractivity contribution in [3.05, 3.63) is 34.9 Å². The molecule has 1 aromatic carbocycles. The average Bonchev–Trinajstić information content (AvgIpc) is 2.44. The molecule has 1 fully saturated rings. The molecule has 2 aliphatic carbocycles. The summed E-state index contributed by atoms with van der Waals surface area (Å²) < 4.78 is 5.63. The van der Waals surface area contributed by atoms with Crippen LogP contribution in [-0.4, -0.2) is 12.7 Å². The Labute approximate surface area is 127 Å². The van der Waals surface area contributed by atoms with E-state index in [9.17, 15) is 0 Å². The van der Waals surface area contributed by atoms with Gasteiger partial charge in [0.2, 0.25) is 0 Å². The zero-order valence-corrected chi connectivity index (χ0v) is 13.2. The van der Waals surface area contributed by atoms with Gasteiger partial charge in [-0.25, -0.2) is 0 Å². The van der Waals surface area contributed by atoms with E-state index in [1.54, 1.807) is 11.1 Å². The number of rotatable bonds is 5. The maximum atomic E-state index is 6.64. The summed E-state index contributed by atoms with van der Waals surface area (Å²) in [5.74, 6) is 0.755. The molecule has 3 rings (SSSR count). The minimum Gasteiger partial charge on any atom is -0.378 e. The van der Waals surface area contributed by atoms with Crippen molar-refractivity contribution in [1.82, 2.24) is 0 Å². The quantitative estimate of drug-likeness (QED) is 0.690. The Hall–Kier alpha value is -0.530. The second-order valence-electron chi connectivity index (χ2n) is 6.35. The molecule has 1 atom stereocenters. The topological polar surface area (TPSA) is 9.23 Å². The van der Waals surface area contributed by atoms with Crippen LogP contribution in [0.2, 0.25) is 0 Å². The summed E-state index contributed by atoms with van der Waals surface area (Å²) in [5, 5.41) is 0.176. The van der Waals surface area contributed by atoms with Crippen molar-refractivity contribution < 1.29 is 4.74 Å². The molecule has 2 heteroatoms. The van der Waals surface area contributed by atoms with Crippen LogP contribution in [0.25, 0.3) is 0 Å². The van der Waals surface area contributed by atoms with E-state index in [1.807, 2.05) is 0 Å². The normalized spacial score (nSPS) is 26.7. The fourth-order valence-electron chi connectivity index (χ4n) is 3.62. The van der Waals surface area contributed by atoms with E-state index in [0.717, 1.165) is 18.9 Å². The van der Waals surface area contributed by atoms with Crippen molar-refractivity contribution in [2.24, 2.45) is 5.92 Å². The molecular weight excluding hydrogens is 268 g/mol. The highest BCUT2D eigenvalue weighted by Crippen LogP contribution is 2.40. The second-order valence-corrected chi connectivity index (χ2v) is 6.88. The number of halogens is 1. The van der Waals surface area contributed by atoms with Crippen LogP contribution in [0.15, 0.2) is 18.2 Å². The zero-order chi connectivity index (χ0) is 13.9. The molecule has 0 N–H and O–H groups in total. The summed E-state index contributed by atoms with van der Waals surface area (Å²) in [7, 11) is 0. The molecule has 1 aromatic rings. The van der Waals surface area contributed by atoms with Crippen molar-refractivity contribution >= 4 is 11.6 Å². The van der Waals surface area contributed by atoms with Gasteiger partial charge in [-0.15, -0.1) is 11.6 Å². The van der Waals surface area contributed by atoms with E-state index in [1.165, 1.54) is 44.1 Å². The lowest BCUT2D eigenvalue weighted by molar-refractivity contribution is -0.0267. The van der Waals surface area contributed by atoms with Gasteiger partial charge in [0.25, 0.3) is 0 Å². The largest absolute Gasteiger partial charge is 0.378 e. The van der Waals surface area contributed by atoms with E-state index in [2.05, 4.69) is 25.1 Å². The van der Waals surface area contributed by atoms with Crippen LogP contribution < -0.4 is 0 Å². The van der Waals surface area contributed by atoms with E-state index < -0.39 is 0 Å². The third-order valence-electron chi connectivity index (χ3n) is 4.87. The van der Waals surface area contributed by atoms with Gasteiger partial charge in [0.15, 0.2) is 0 Å². The number of ether oxygens (including phenoxy) is 1. The molecular formula is C18H25ClO. The highest BCUT2D eigenvalue weighted by molar-refractivity contribution is 6.20. The smallest absolute Gasteiger partial charge is 0.0588 e. The SMILES string of the molecule is CCOC1CC(CC(Cl)c2ccc3c(c2)CCCC3)C1. The van der Waals surface area contributed by atoms with Crippen molar-refractivity contribution in [2.45, 2.75) is 63.4 Å². The minimum atomic E-state index is 0.176. The zero-order valence-electron chi connectivity index (χ0n) is 12.4. The Morgan fingerprint density at radius 3 is 2.70 bits per heavy atom. The molecule has 1 saturated carbocycles. The summed E-state index contributed by atoms with van der Waals surface area (Å²) in [6.45, 7) is 2.91. The Morgan fingerprint density at radius 2 is 1.95 bits per heavy atom. The highest BCUT2D eigenvalue weighted by atomic mass is 35.5. The first-order valence-corrected chi connectivity index (χ1v) is 8.57. The van der Waals surface area contributed by atoms with Gasteiger partial charge in [0, 0.05) is 6.61 Å². The Morgan fingerprint density at radius 1 is 1.20 bits per heavy atom. The van der Waals surface area contributed by atoms with Gasteiger partial charge >= 0.3 is 0 Å². The monoisotopic (exact) mass is 292 g/mol. The van der Waals surface area contributed by atoms with E-state index in [-0.39, 0.29) is 5.38 Å². The molecule has 0 saturated heterocycles. The maximum Gasteiger partial charge on any atom is 0.0588 e. The predicted octanol–water partition coefficient (Wildman–Crippen LogP) is 5.05. The number of aryl methyl sites for hydroxylation is 2. The Bertz CT molecular complexity index is 451. The predicted molar refractivity (Wildman–Crippen MR) is 84.4 cm³/mol. The van der Waals surface area contributed by atoms with Gasteiger partial charge in [-0.3, -0.25) is 0 Å². The molecule has 2 aliphatic rings. The summed E-state index contributed by atoms with van der Waals surface area (Å²) in [6.07, 6.45) is 9.16. The van der Waals surface area contributed by atoms with E-state index in [4.69, 9.17) is 16.3 Å². The lowest BCUT2D eigenvalue weighted by Crippen LogP contribution is -2.31. The molecule has 0 spiro atoms. The fraction of sp³-hybridized carbons (Fsp3) is 0.667. The molecule has 0 aromatic heterocycles. The molecule has 0 aliphatic heterocycles. The van der Waals surface area contributed by atoms with Crippen molar-refractivity contribution in [1.29, 1.82) is 0 Å². The standard InChI is InChI=1S/C18H25ClO/c1-2-20-17-9-13(10-17)11-18(19)16-8-7-14-5-3-4-6-15(14)12-16/h7-8,12-13,17-18H,2-6,9-11H2,1H3. The first kappa shape index (κ1) is 14.4. The number of hydrogen-bond acceptors (Lipinski definition) is 1. The van der Waals surface area contributed by atoms with Crippen LogP contribution in [0.4, 0.5) is 0 Å². The number of alkyl halides is 1. The lowest BCUT2D eigenvalue weighted by Gasteiger charge is -2.36. The molecule has 1 unspecified atom stereocenters. The summed E-state index contributed by atoms with van der Waals surface area (Å²) in [5.41, 5.74) is 4.41. The van der Waals surface area contributed by atoms with Crippen LogP contribution in [0, 0.1) is 5.92 Å². The third-order valence-corrected chi connectivity index (χ3v) is 5.30. The summed E-state index contributed by atoms with van der Waals surface area (Å²) >= 11 is 6.64. The van der Waals surface area contributed by atoms with Gasteiger partial charge in [0.05, 0.1) is 11.5 Å². The third kappa shape index (κ3) is 3.20. The Balaban J connectivity index is 1.56. The second kappa shape index (κ2) is 6.49. The molecule has 0 radical (unpaired) electrons. The molecule has 0 heterocycles. The summed E-state index contributed by atoms with van der Waals surface area (Å²) in [6, 6.07) is 6.92. The van der Waals surface area contributed by atoms with Crippen LogP contribution >= 0.6 is 11.6 Å². The van der Waals surface area contributed by atoms with Gasteiger partial charge < -0.3 is 4.74 Å². The minimum absolute atomic E-state index is 0.176. The number of benzene rings is 1. The first-order valence-electron chi connectivity index (χ1n) is 8.13. The van der Waals surface area contributed by atoms with Crippen molar-refractivity contribution in [3.8, 4) is 0 Å². The highest BCUT2D eigenvalue weighted by Gasteiger charge is 2.31. The van der Waals surface area contributed by atoms with Gasteiger partial charge in [-0.05, 0) is 74.5 Å². The van der Waals surface area contributed by atoms with Gasteiger partial charge in [-0.2, -0.15) is 0 Å². The molecule has 0 bridgehead atoms. The van der Waals surface area contributed by atoms with Crippen molar-refractivity contribution in [3.63, 3.8) is 0 Å². The van der Waals surface area contributed by atoms with Gasteiger partial charge in [0.1, 0.15) is 0 Å². The molecule has 1 nitrogen and oxygen atoms in total. The molecule has 20 heavy (non-hydrogen) atoms. The van der Waals surface area contributed by atoms with E-state index in [0.29, 0.717) is 6.10 Å². The van der Waals surface area contributed by atoms with Crippen LogP contribution in [-0.2, 0) is 17.6 Å². The average molecular weight is 293 g/mol. The molecule has 0 amide bonds. The van der Waals surface area contributed by atoms with Crippen LogP contribution in [0.1, 0.15) is 61.1 Å². The van der Waals surface area contributed by atoms with E-state index >= 15 is 0 Å². The summed E-state index contributed by atoms with van der Waals surface area (Å²) in [4.78, 5) is 0.